The average molecular weight is 245 g/mol. The molecule has 0 N–H and O–H groups in total. The third-order valence-corrected chi connectivity index (χ3v) is 4.41. The molecule has 0 saturated carbocycles. The normalized spacial score (nSPS) is 22.9. The highest BCUT2D eigenvalue weighted by Gasteiger charge is 2.30. The number of fused-ring (bicyclic) bond motifs is 1. The maximum Gasteiger partial charge on any atom is 0.0398 e. The SMILES string of the molecule is CCCC[C@@H]1[C@H](CCC)Cc2ccccc2N1C. The van der Waals surface area contributed by atoms with E-state index in [0.717, 1.165) is 12.0 Å². The Balaban J connectivity index is 2.21. The molecule has 1 aliphatic rings. The quantitative estimate of drug-likeness (QED) is 0.729. The summed E-state index contributed by atoms with van der Waals surface area (Å²) in [6.07, 6.45) is 7.98. The van der Waals surface area contributed by atoms with Gasteiger partial charge in [0.25, 0.3) is 0 Å². The maximum atomic E-state index is 2.55. The largest absolute Gasteiger partial charge is 0.371 e. The number of unbranched alkanes of at least 4 members (excludes halogenated alkanes) is 1. The second-order valence-corrected chi connectivity index (χ2v) is 5.70. The Morgan fingerprint density at radius 3 is 2.61 bits per heavy atom. The lowest BCUT2D eigenvalue weighted by Gasteiger charge is -2.42. The van der Waals surface area contributed by atoms with Crippen molar-refractivity contribution in [3.8, 4) is 0 Å². The number of nitrogens with zero attached hydrogens (tertiary/aromatic N) is 1. The summed E-state index contributed by atoms with van der Waals surface area (Å²) in [7, 11) is 2.29. The molecule has 0 aliphatic carbocycles. The zero-order valence-electron chi connectivity index (χ0n) is 12.2. The van der Waals surface area contributed by atoms with E-state index in [1.165, 1.54) is 44.2 Å². The topological polar surface area (TPSA) is 3.24 Å². The Morgan fingerprint density at radius 2 is 1.89 bits per heavy atom. The molecule has 1 aromatic carbocycles. The first-order valence-electron chi connectivity index (χ1n) is 7.58. The molecular formula is C17H27N. The molecule has 0 spiro atoms. The van der Waals surface area contributed by atoms with Gasteiger partial charge in [0, 0.05) is 18.8 Å². The molecule has 18 heavy (non-hydrogen) atoms. The highest BCUT2D eigenvalue weighted by atomic mass is 15.1. The molecule has 0 aromatic heterocycles. The molecule has 1 aliphatic heterocycles. The van der Waals surface area contributed by atoms with Crippen LogP contribution >= 0.6 is 0 Å². The van der Waals surface area contributed by atoms with Crippen molar-refractivity contribution >= 4 is 5.69 Å². The summed E-state index contributed by atoms with van der Waals surface area (Å²) in [5.74, 6) is 0.849. The van der Waals surface area contributed by atoms with Gasteiger partial charge in [0.2, 0.25) is 0 Å². The second-order valence-electron chi connectivity index (χ2n) is 5.70. The Kier molecular flexibility index (Phi) is 4.68. The maximum absolute atomic E-state index is 2.55. The van der Waals surface area contributed by atoms with Crippen LogP contribution in [0.15, 0.2) is 24.3 Å². The third kappa shape index (κ3) is 2.71. The van der Waals surface area contributed by atoms with Crippen LogP contribution in [0.2, 0.25) is 0 Å². The molecule has 1 heterocycles. The first-order chi connectivity index (χ1) is 8.77. The summed E-state index contributed by atoms with van der Waals surface area (Å²) in [6, 6.07) is 9.70. The van der Waals surface area contributed by atoms with Crippen molar-refractivity contribution in [1.29, 1.82) is 0 Å². The predicted octanol–water partition coefficient (Wildman–Crippen LogP) is 4.65. The second kappa shape index (κ2) is 6.26. The van der Waals surface area contributed by atoms with Gasteiger partial charge in [-0.25, -0.2) is 0 Å². The smallest absolute Gasteiger partial charge is 0.0398 e. The minimum absolute atomic E-state index is 0.750. The van der Waals surface area contributed by atoms with E-state index in [9.17, 15) is 0 Å². The third-order valence-electron chi connectivity index (χ3n) is 4.41. The zero-order valence-corrected chi connectivity index (χ0v) is 12.2. The number of hydrogen-bond donors (Lipinski definition) is 0. The number of hydrogen-bond acceptors (Lipinski definition) is 1. The fraction of sp³-hybridized carbons (Fsp3) is 0.647. The van der Waals surface area contributed by atoms with Gasteiger partial charge in [-0.05, 0) is 36.8 Å². The van der Waals surface area contributed by atoms with Gasteiger partial charge < -0.3 is 4.90 Å². The van der Waals surface area contributed by atoms with E-state index in [4.69, 9.17) is 0 Å². The minimum atomic E-state index is 0.750. The van der Waals surface area contributed by atoms with Crippen molar-refractivity contribution in [2.75, 3.05) is 11.9 Å². The molecule has 1 aromatic rings. The number of benzene rings is 1. The van der Waals surface area contributed by atoms with Crippen molar-refractivity contribution < 1.29 is 0 Å². The lowest BCUT2D eigenvalue weighted by atomic mass is 9.81. The van der Waals surface area contributed by atoms with Crippen LogP contribution in [0.5, 0.6) is 0 Å². The van der Waals surface area contributed by atoms with Gasteiger partial charge in [0.05, 0.1) is 0 Å². The fourth-order valence-corrected chi connectivity index (χ4v) is 3.45. The van der Waals surface area contributed by atoms with Gasteiger partial charge in [-0.3, -0.25) is 0 Å². The summed E-state index contributed by atoms with van der Waals surface area (Å²) < 4.78 is 0. The van der Waals surface area contributed by atoms with Crippen LogP contribution in [-0.4, -0.2) is 13.1 Å². The number of rotatable bonds is 5. The van der Waals surface area contributed by atoms with E-state index >= 15 is 0 Å². The molecule has 0 saturated heterocycles. The number of anilines is 1. The van der Waals surface area contributed by atoms with Gasteiger partial charge in [-0.2, -0.15) is 0 Å². The molecule has 1 heteroatoms. The van der Waals surface area contributed by atoms with Crippen molar-refractivity contribution in [3.05, 3.63) is 29.8 Å². The van der Waals surface area contributed by atoms with Gasteiger partial charge in [-0.15, -0.1) is 0 Å². The summed E-state index contributed by atoms with van der Waals surface area (Å²) in [4.78, 5) is 2.55. The first-order valence-corrected chi connectivity index (χ1v) is 7.58. The lowest BCUT2D eigenvalue weighted by Crippen LogP contribution is -2.43. The summed E-state index contributed by atoms with van der Waals surface area (Å²) in [5, 5.41) is 0. The van der Waals surface area contributed by atoms with Crippen LogP contribution in [0.1, 0.15) is 51.5 Å². The van der Waals surface area contributed by atoms with Crippen molar-refractivity contribution in [3.63, 3.8) is 0 Å². The predicted molar refractivity (Wildman–Crippen MR) is 80.3 cm³/mol. The van der Waals surface area contributed by atoms with Crippen molar-refractivity contribution in [2.45, 2.75) is 58.4 Å². The minimum Gasteiger partial charge on any atom is -0.371 e. The van der Waals surface area contributed by atoms with Crippen LogP contribution < -0.4 is 4.90 Å². The Hall–Kier alpha value is -0.980. The molecule has 0 bridgehead atoms. The van der Waals surface area contributed by atoms with Crippen LogP contribution in [0.3, 0.4) is 0 Å². The van der Waals surface area contributed by atoms with E-state index in [0.29, 0.717) is 0 Å². The molecular weight excluding hydrogens is 218 g/mol. The molecule has 0 fully saturated rings. The molecule has 100 valence electrons. The van der Waals surface area contributed by atoms with Gasteiger partial charge in [-0.1, -0.05) is 51.3 Å². The summed E-state index contributed by atoms with van der Waals surface area (Å²) >= 11 is 0. The van der Waals surface area contributed by atoms with E-state index in [2.05, 4.69) is 50.1 Å². The van der Waals surface area contributed by atoms with Crippen LogP contribution in [0, 0.1) is 5.92 Å². The average Bonchev–Trinajstić information content (AvgIpc) is 2.39. The Morgan fingerprint density at radius 1 is 1.11 bits per heavy atom. The van der Waals surface area contributed by atoms with Crippen molar-refractivity contribution in [2.24, 2.45) is 5.92 Å². The summed E-state index contributed by atoms with van der Waals surface area (Å²) in [6.45, 7) is 4.61. The first kappa shape index (κ1) is 13.5. The highest BCUT2D eigenvalue weighted by molar-refractivity contribution is 5.56. The zero-order chi connectivity index (χ0) is 13.0. The van der Waals surface area contributed by atoms with E-state index in [-0.39, 0.29) is 0 Å². The molecule has 2 atom stereocenters. The lowest BCUT2D eigenvalue weighted by molar-refractivity contribution is 0.339. The standard InChI is InChI=1S/C17H27N/c1-4-6-11-16-14(9-5-2)13-15-10-7-8-12-17(15)18(16)3/h7-8,10,12,14,16H,4-6,9,11,13H2,1-3H3/t14-,16-/m1/s1. The van der Waals surface area contributed by atoms with Gasteiger partial charge in [0.1, 0.15) is 0 Å². The summed E-state index contributed by atoms with van der Waals surface area (Å²) in [5.41, 5.74) is 3.01. The Bertz CT molecular complexity index is 372. The van der Waals surface area contributed by atoms with Gasteiger partial charge in [0.15, 0.2) is 0 Å². The fourth-order valence-electron chi connectivity index (χ4n) is 3.45. The molecule has 0 amide bonds. The molecule has 1 nitrogen and oxygen atoms in total. The van der Waals surface area contributed by atoms with Gasteiger partial charge >= 0.3 is 0 Å². The molecule has 0 radical (unpaired) electrons. The van der Waals surface area contributed by atoms with E-state index in [1.54, 1.807) is 5.56 Å². The van der Waals surface area contributed by atoms with Crippen LogP contribution in [-0.2, 0) is 6.42 Å². The van der Waals surface area contributed by atoms with E-state index in [1.807, 2.05) is 0 Å². The Labute approximate surface area is 112 Å². The van der Waals surface area contributed by atoms with Crippen molar-refractivity contribution in [1.82, 2.24) is 0 Å². The van der Waals surface area contributed by atoms with E-state index < -0.39 is 0 Å². The molecule has 2 rings (SSSR count). The monoisotopic (exact) mass is 245 g/mol. The van der Waals surface area contributed by atoms with Crippen LogP contribution in [0.4, 0.5) is 5.69 Å². The highest BCUT2D eigenvalue weighted by Crippen LogP contribution is 2.36. The number of para-hydroxylation sites is 1. The molecule has 0 unspecified atom stereocenters. The van der Waals surface area contributed by atoms with Crippen LogP contribution in [0.25, 0.3) is 0 Å².